The normalized spacial score (nSPS) is 9.60. The van der Waals surface area contributed by atoms with E-state index in [1.807, 2.05) is 0 Å². The van der Waals surface area contributed by atoms with Crippen molar-refractivity contribution in [2.24, 2.45) is 0 Å². The zero-order valence-electron chi connectivity index (χ0n) is 13.1. The molecule has 6 N–H and O–H groups in total. The molecule has 0 aliphatic rings. The summed E-state index contributed by atoms with van der Waals surface area (Å²) in [5.74, 6) is -13.5. The van der Waals surface area contributed by atoms with E-state index in [0.717, 1.165) is 0 Å². The van der Waals surface area contributed by atoms with Crippen LogP contribution in [-0.4, -0.2) is 66.5 Å². The van der Waals surface area contributed by atoms with Crippen molar-refractivity contribution in [3.63, 3.8) is 0 Å². The molecule has 25 heavy (non-hydrogen) atoms. The first-order chi connectivity index (χ1) is 10.9. The molecule has 12 nitrogen and oxygen atoms in total. The van der Waals surface area contributed by atoms with Crippen LogP contribution in [0.1, 0.15) is 63.6 Å². The number of rotatable bonds is 6. The van der Waals surface area contributed by atoms with Crippen molar-refractivity contribution in [3.05, 3.63) is 33.4 Å². The molecule has 0 fully saturated rings. The Hall–Kier alpha value is -2.96. The summed E-state index contributed by atoms with van der Waals surface area (Å²) in [5.41, 5.74) is -9.95. The van der Waals surface area contributed by atoms with E-state index in [1.165, 1.54) is 0 Å². The topological polar surface area (TPSA) is 224 Å². The van der Waals surface area contributed by atoms with E-state index < -0.39 is 69.2 Å². The Morgan fingerprint density at radius 1 is 0.400 bits per heavy atom. The zero-order chi connectivity index (χ0) is 18.9. The Kier molecular flexibility index (Phi) is 6.82. The van der Waals surface area contributed by atoms with E-state index in [1.54, 1.807) is 0 Å². The number of carboxylic acid groups (broad SMARTS) is 6. The largest absolute Gasteiger partial charge is 1.00 e. The molecule has 0 radical (unpaired) electrons. The molecule has 0 spiro atoms. The summed E-state index contributed by atoms with van der Waals surface area (Å²) in [6.07, 6.45) is 0. The minimum atomic E-state index is -2.26. The molecule has 0 atom stereocenters. The number of carbonyl (C=O) groups is 6. The van der Waals surface area contributed by atoms with Crippen LogP contribution in [0.5, 0.6) is 0 Å². The summed E-state index contributed by atoms with van der Waals surface area (Å²) in [4.78, 5) is 67.3. The molecule has 0 bridgehead atoms. The molecule has 0 aromatic heterocycles. The van der Waals surface area contributed by atoms with Crippen LogP contribution in [0.3, 0.4) is 0 Å². The second kappa shape index (κ2) is 7.74. The van der Waals surface area contributed by atoms with Crippen molar-refractivity contribution in [1.82, 2.24) is 0 Å². The van der Waals surface area contributed by atoms with Gasteiger partial charge < -0.3 is 32.1 Å². The van der Waals surface area contributed by atoms with Gasteiger partial charge in [0.2, 0.25) is 0 Å². The number of benzene rings is 1. The quantitative estimate of drug-likeness (QED) is 0.277. The van der Waals surface area contributed by atoms with Crippen LogP contribution in [0.15, 0.2) is 0 Å². The van der Waals surface area contributed by atoms with Crippen molar-refractivity contribution < 1.29 is 90.4 Å². The smallest absolute Gasteiger partial charge is 1.00 e. The van der Waals surface area contributed by atoms with Crippen LogP contribution in [0.25, 0.3) is 0 Å². The van der Waals surface area contributed by atoms with Crippen LogP contribution in [0.4, 0.5) is 0 Å². The van der Waals surface area contributed by atoms with Gasteiger partial charge in [-0.15, -0.1) is 0 Å². The Morgan fingerprint density at radius 3 is 0.520 bits per heavy atom. The Labute approximate surface area is 159 Å². The van der Waals surface area contributed by atoms with Crippen LogP contribution in [0, 0.1) is 0 Å². The average molecular weight is 366 g/mol. The first-order valence-corrected chi connectivity index (χ1v) is 5.57. The molecule has 1 aromatic rings. The molecule has 0 heterocycles. The van der Waals surface area contributed by atoms with Crippen LogP contribution in [0.2, 0.25) is 0 Å². The summed E-state index contributed by atoms with van der Waals surface area (Å²) in [5, 5.41) is 54.2. The van der Waals surface area contributed by atoms with Crippen LogP contribution >= 0.6 is 0 Å². The fraction of sp³-hybridized carbons (Fsp3) is 0. The fourth-order valence-electron chi connectivity index (χ4n) is 2.03. The first-order valence-electron chi connectivity index (χ1n) is 5.57. The standard InChI is InChI=1S/C12H6O12.Na.H/c13-7(14)1-2(8(15)16)4(10(19)20)6(12(23)24)5(11(21)22)3(1)9(17)18;;/h(H,13,14)(H,15,16)(H,17,18)(H,19,20)(H,21,22)(H,23,24);;/q;+1;-1. The summed E-state index contributed by atoms with van der Waals surface area (Å²) >= 11 is 0. The van der Waals surface area contributed by atoms with Gasteiger partial charge in [-0.1, -0.05) is 0 Å². The predicted molar refractivity (Wildman–Crippen MR) is 69.3 cm³/mol. The van der Waals surface area contributed by atoms with E-state index in [9.17, 15) is 28.8 Å². The second-order valence-electron chi connectivity index (χ2n) is 4.08. The van der Waals surface area contributed by atoms with Crippen molar-refractivity contribution in [2.45, 2.75) is 0 Å². The maximum Gasteiger partial charge on any atom is 1.00 e. The Bertz CT molecular complexity index is 645. The van der Waals surface area contributed by atoms with Gasteiger partial charge >= 0.3 is 65.4 Å². The minimum absolute atomic E-state index is 0. The van der Waals surface area contributed by atoms with Gasteiger partial charge in [-0.2, -0.15) is 0 Å². The minimum Gasteiger partial charge on any atom is -1.00 e. The van der Waals surface area contributed by atoms with E-state index in [2.05, 4.69) is 0 Å². The molecule has 128 valence electrons. The summed E-state index contributed by atoms with van der Waals surface area (Å²) in [6.45, 7) is 0. The van der Waals surface area contributed by atoms with E-state index in [-0.39, 0.29) is 31.0 Å². The number of carboxylic acids is 6. The maximum absolute atomic E-state index is 11.2. The van der Waals surface area contributed by atoms with Gasteiger partial charge in [0.05, 0.1) is 33.4 Å². The molecular weight excluding hydrogens is 359 g/mol. The van der Waals surface area contributed by atoms with Gasteiger partial charge in [-0.05, 0) is 0 Å². The van der Waals surface area contributed by atoms with Gasteiger partial charge in [0.15, 0.2) is 0 Å². The predicted octanol–water partition coefficient (Wildman–Crippen LogP) is -3.01. The molecule has 0 aliphatic heterocycles. The van der Waals surface area contributed by atoms with Crippen molar-refractivity contribution in [2.75, 3.05) is 0 Å². The molecule has 0 aliphatic carbocycles. The molecule has 0 saturated carbocycles. The summed E-state index contributed by atoms with van der Waals surface area (Å²) < 4.78 is 0. The number of hydrogen-bond donors (Lipinski definition) is 6. The third kappa shape index (κ3) is 3.76. The fourth-order valence-corrected chi connectivity index (χ4v) is 2.03. The summed E-state index contributed by atoms with van der Waals surface area (Å²) in [7, 11) is 0. The van der Waals surface area contributed by atoms with Gasteiger partial charge in [-0.3, -0.25) is 0 Å². The zero-order valence-corrected chi connectivity index (χ0v) is 14.1. The Balaban J connectivity index is 0. The molecule has 1 rings (SSSR count). The van der Waals surface area contributed by atoms with Gasteiger partial charge in [-0.25, -0.2) is 28.8 Å². The molecule has 1 aromatic carbocycles. The van der Waals surface area contributed by atoms with Crippen LogP contribution < -0.4 is 29.6 Å². The van der Waals surface area contributed by atoms with E-state index in [4.69, 9.17) is 30.6 Å². The molecule has 13 heteroatoms. The molecule has 0 saturated heterocycles. The number of hydrogen-bond acceptors (Lipinski definition) is 6. The maximum atomic E-state index is 11.2. The Morgan fingerprint density at radius 2 is 0.480 bits per heavy atom. The van der Waals surface area contributed by atoms with Gasteiger partial charge in [0.25, 0.3) is 0 Å². The third-order valence-corrected chi connectivity index (χ3v) is 2.78. The van der Waals surface area contributed by atoms with Gasteiger partial charge in [0, 0.05) is 0 Å². The molecular formula is C12H7NaO12. The number of aromatic carboxylic acids is 6. The molecule has 0 unspecified atom stereocenters. The van der Waals surface area contributed by atoms with Crippen LogP contribution in [-0.2, 0) is 0 Å². The molecule has 0 amide bonds. The third-order valence-electron chi connectivity index (χ3n) is 2.78. The van der Waals surface area contributed by atoms with Gasteiger partial charge in [0.1, 0.15) is 0 Å². The monoisotopic (exact) mass is 366 g/mol. The second-order valence-corrected chi connectivity index (χ2v) is 4.08. The summed E-state index contributed by atoms with van der Waals surface area (Å²) in [6, 6.07) is 0. The first kappa shape index (κ1) is 22.0. The van der Waals surface area contributed by atoms with Crippen molar-refractivity contribution in [3.8, 4) is 0 Å². The van der Waals surface area contributed by atoms with E-state index >= 15 is 0 Å². The van der Waals surface area contributed by atoms with Crippen molar-refractivity contribution in [1.29, 1.82) is 0 Å². The van der Waals surface area contributed by atoms with Crippen molar-refractivity contribution >= 4 is 35.8 Å². The average Bonchev–Trinajstić information content (AvgIpc) is 2.42. The SMILES string of the molecule is O=C(O)c1c(C(=O)O)c(C(=O)O)c(C(=O)O)c(C(=O)O)c1C(=O)O.[H-].[Na+]. The van der Waals surface area contributed by atoms with E-state index in [0.29, 0.717) is 0 Å².